The van der Waals surface area contributed by atoms with Crippen LogP contribution < -0.4 is 27.4 Å². The molecule has 2 aromatic rings. The van der Waals surface area contributed by atoms with Crippen LogP contribution in [0.1, 0.15) is 44.4 Å². The van der Waals surface area contributed by atoms with Crippen molar-refractivity contribution in [1.82, 2.24) is 25.9 Å². The molecule has 0 spiro atoms. The van der Waals surface area contributed by atoms with Crippen molar-refractivity contribution in [2.45, 2.75) is 70.1 Å². The van der Waals surface area contributed by atoms with E-state index in [2.05, 4.69) is 25.9 Å². The van der Waals surface area contributed by atoms with Crippen molar-refractivity contribution < 1.29 is 24.3 Å². The minimum atomic E-state index is -1.17. The van der Waals surface area contributed by atoms with Crippen molar-refractivity contribution in [3.8, 4) is 0 Å². The molecule has 0 bridgehead atoms. The Morgan fingerprint density at radius 2 is 1.53 bits per heavy atom. The summed E-state index contributed by atoms with van der Waals surface area (Å²) < 4.78 is 0. The molecule has 38 heavy (non-hydrogen) atoms. The summed E-state index contributed by atoms with van der Waals surface area (Å²) in [5, 5.41) is 17.5. The zero-order valence-corrected chi connectivity index (χ0v) is 21.9. The van der Waals surface area contributed by atoms with Crippen LogP contribution >= 0.6 is 0 Å². The van der Waals surface area contributed by atoms with Crippen LogP contribution in [0.15, 0.2) is 42.9 Å². The predicted octanol–water partition coefficient (Wildman–Crippen LogP) is -0.154. The van der Waals surface area contributed by atoms with E-state index in [0.29, 0.717) is 25.1 Å². The molecule has 0 aliphatic carbocycles. The minimum absolute atomic E-state index is 0.0822. The summed E-state index contributed by atoms with van der Waals surface area (Å²) in [7, 11) is 0. The molecule has 4 atom stereocenters. The first-order chi connectivity index (χ1) is 18.1. The number of carbonyl (C=O) groups is 4. The maximum atomic E-state index is 13.4. The summed E-state index contributed by atoms with van der Waals surface area (Å²) in [5.41, 5.74) is 12.8. The molecule has 0 fully saturated rings. The number of carbonyl (C=O) groups excluding carboxylic acids is 3. The number of aromatic nitrogens is 2. The van der Waals surface area contributed by atoms with E-state index in [1.165, 1.54) is 12.5 Å². The maximum absolute atomic E-state index is 13.4. The number of carboxylic acid groups (broad SMARTS) is 1. The van der Waals surface area contributed by atoms with Crippen LogP contribution in [-0.2, 0) is 32.0 Å². The molecule has 208 valence electrons. The minimum Gasteiger partial charge on any atom is -0.480 e. The first kappa shape index (κ1) is 30.5. The van der Waals surface area contributed by atoms with E-state index in [-0.39, 0.29) is 25.2 Å². The lowest BCUT2D eigenvalue weighted by atomic mass is 10.0. The Morgan fingerprint density at radius 3 is 2.08 bits per heavy atom. The number of benzene rings is 1. The molecule has 12 nitrogen and oxygen atoms in total. The lowest BCUT2D eigenvalue weighted by Crippen LogP contribution is -2.58. The third-order valence-corrected chi connectivity index (χ3v) is 6.11. The second kappa shape index (κ2) is 15.5. The number of aliphatic carboxylic acids is 1. The van der Waals surface area contributed by atoms with E-state index in [4.69, 9.17) is 11.5 Å². The van der Waals surface area contributed by atoms with Gasteiger partial charge in [-0.2, -0.15) is 0 Å². The lowest BCUT2D eigenvalue weighted by Gasteiger charge is -2.26. The molecule has 4 unspecified atom stereocenters. The highest BCUT2D eigenvalue weighted by Gasteiger charge is 2.31. The molecule has 0 aliphatic rings. The monoisotopic (exact) mass is 529 g/mol. The number of imidazole rings is 1. The molecule has 1 aromatic carbocycles. The third-order valence-electron chi connectivity index (χ3n) is 6.11. The van der Waals surface area contributed by atoms with Gasteiger partial charge in [-0.1, -0.05) is 44.2 Å². The molecule has 9 N–H and O–H groups in total. The zero-order valence-electron chi connectivity index (χ0n) is 21.9. The number of nitrogens with one attached hydrogen (secondary N) is 4. The molecular formula is C26H39N7O5. The normalized spacial score (nSPS) is 14.2. The van der Waals surface area contributed by atoms with Crippen molar-refractivity contribution in [3.63, 3.8) is 0 Å². The van der Waals surface area contributed by atoms with Gasteiger partial charge in [0, 0.05) is 24.7 Å². The van der Waals surface area contributed by atoms with Crippen LogP contribution in [-0.4, -0.2) is 69.5 Å². The Hall–Kier alpha value is -3.77. The van der Waals surface area contributed by atoms with Gasteiger partial charge >= 0.3 is 5.97 Å². The number of hydrogen-bond acceptors (Lipinski definition) is 7. The molecule has 0 radical (unpaired) electrons. The molecule has 0 saturated heterocycles. The third kappa shape index (κ3) is 9.94. The van der Waals surface area contributed by atoms with Gasteiger partial charge in [0.25, 0.3) is 0 Å². The summed E-state index contributed by atoms with van der Waals surface area (Å²) in [6.45, 7) is 4.00. The number of H-pyrrole nitrogens is 1. The van der Waals surface area contributed by atoms with Gasteiger partial charge < -0.3 is 37.5 Å². The largest absolute Gasteiger partial charge is 0.480 e. The topological polar surface area (TPSA) is 205 Å². The van der Waals surface area contributed by atoms with Crippen LogP contribution in [0.4, 0.5) is 0 Å². The van der Waals surface area contributed by atoms with Crippen molar-refractivity contribution in [2.24, 2.45) is 17.4 Å². The highest BCUT2D eigenvalue weighted by molar-refractivity contribution is 5.94. The van der Waals surface area contributed by atoms with Gasteiger partial charge in [-0.15, -0.1) is 0 Å². The van der Waals surface area contributed by atoms with E-state index in [9.17, 15) is 24.3 Å². The average molecular weight is 530 g/mol. The Morgan fingerprint density at radius 1 is 0.921 bits per heavy atom. The Kier molecular flexibility index (Phi) is 12.4. The van der Waals surface area contributed by atoms with Gasteiger partial charge in [0.1, 0.15) is 18.1 Å². The first-order valence-corrected chi connectivity index (χ1v) is 12.7. The molecule has 1 heterocycles. The van der Waals surface area contributed by atoms with E-state index in [1.54, 1.807) is 38.1 Å². The fourth-order valence-electron chi connectivity index (χ4n) is 3.75. The molecule has 1 aromatic heterocycles. The molecule has 0 saturated carbocycles. The number of carboxylic acids is 1. The standard InChI is InChI=1S/C26H39N7O5/c1-16(2)22(28)25(36)33-21(13-18-14-29-15-30-18)24(35)32-20(12-17-8-4-3-5-9-17)23(34)31-19(26(37)38)10-6-7-11-27/h3-5,8-9,14-16,19-22H,6-7,10-13,27-28H2,1-2H3,(H,29,30)(H,31,34)(H,32,35)(H,33,36)(H,37,38). The Labute approximate surface area is 222 Å². The quantitative estimate of drug-likeness (QED) is 0.145. The van der Waals surface area contributed by atoms with E-state index in [0.717, 1.165) is 5.56 Å². The smallest absolute Gasteiger partial charge is 0.326 e. The number of nitrogens with two attached hydrogens (primary N) is 2. The van der Waals surface area contributed by atoms with E-state index in [1.807, 2.05) is 6.07 Å². The van der Waals surface area contributed by atoms with Crippen molar-refractivity contribution in [1.29, 1.82) is 0 Å². The number of rotatable bonds is 16. The Balaban J connectivity index is 2.25. The van der Waals surface area contributed by atoms with Crippen molar-refractivity contribution in [3.05, 3.63) is 54.1 Å². The van der Waals surface area contributed by atoms with Crippen LogP contribution in [0.25, 0.3) is 0 Å². The first-order valence-electron chi connectivity index (χ1n) is 12.7. The van der Waals surface area contributed by atoms with Gasteiger partial charge in [0.2, 0.25) is 17.7 Å². The highest BCUT2D eigenvalue weighted by atomic mass is 16.4. The number of amides is 3. The maximum Gasteiger partial charge on any atom is 0.326 e. The van der Waals surface area contributed by atoms with Gasteiger partial charge in [0.05, 0.1) is 12.4 Å². The van der Waals surface area contributed by atoms with Crippen molar-refractivity contribution in [2.75, 3.05) is 6.54 Å². The van der Waals surface area contributed by atoms with E-state index >= 15 is 0 Å². The molecular weight excluding hydrogens is 490 g/mol. The van der Waals surface area contributed by atoms with Gasteiger partial charge in [0.15, 0.2) is 0 Å². The van der Waals surface area contributed by atoms with Gasteiger partial charge in [-0.05, 0) is 37.3 Å². The Bertz CT molecular complexity index is 1030. The molecule has 12 heteroatoms. The van der Waals surface area contributed by atoms with Crippen LogP contribution in [0, 0.1) is 5.92 Å². The number of nitrogens with zero attached hydrogens (tertiary/aromatic N) is 1. The van der Waals surface area contributed by atoms with E-state index < -0.39 is 47.9 Å². The second-order valence-electron chi connectivity index (χ2n) is 9.55. The number of aromatic amines is 1. The van der Waals surface area contributed by atoms with Gasteiger partial charge in [-0.3, -0.25) is 14.4 Å². The summed E-state index contributed by atoms with van der Waals surface area (Å²) in [5.74, 6) is -3.10. The highest BCUT2D eigenvalue weighted by Crippen LogP contribution is 2.08. The van der Waals surface area contributed by atoms with Crippen molar-refractivity contribution >= 4 is 23.7 Å². The summed E-state index contributed by atoms with van der Waals surface area (Å²) in [6, 6.07) is 4.90. The second-order valence-corrected chi connectivity index (χ2v) is 9.55. The fourth-order valence-corrected chi connectivity index (χ4v) is 3.75. The average Bonchev–Trinajstić information content (AvgIpc) is 3.40. The SMILES string of the molecule is CC(C)C(N)C(=O)NC(Cc1cnc[nH]1)C(=O)NC(Cc1ccccc1)C(=O)NC(CCCCN)C(=O)O. The van der Waals surface area contributed by atoms with Gasteiger partial charge in [-0.25, -0.2) is 9.78 Å². The van der Waals surface area contributed by atoms with Crippen LogP contribution in [0.2, 0.25) is 0 Å². The molecule has 2 rings (SSSR count). The fraction of sp³-hybridized carbons (Fsp3) is 0.500. The van der Waals surface area contributed by atoms with Crippen LogP contribution in [0.5, 0.6) is 0 Å². The zero-order chi connectivity index (χ0) is 28.1. The van der Waals surface area contributed by atoms with Crippen LogP contribution in [0.3, 0.4) is 0 Å². The summed E-state index contributed by atoms with van der Waals surface area (Å²) in [6.07, 6.45) is 4.53. The lowest BCUT2D eigenvalue weighted by molar-refractivity contribution is -0.142. The molecule has 3 amide bonds. The number of hydrogen-bond donors (Lipinski definition) is 7. The molecule has 0 aliphatic heterocycles. The number of unbranched alkanes of at least 4 members (excludes halogenated alkanes) is 1. The summed E-state index contributed by atoms with van der Waals surface area (Å²) >= 11 is 0. The summed E-state index contributed by atoms with van der Waals surface area (Å²) in [4.78, 5) is 58.0. The predicted molar refractivity (Wildman–Crippen MR) is 142 cm³/mol.